The van der Waals surface area contributed by atoms with E-state index in [4.69, 9.17) is 4.74 Å². The Morgan fingerprint density at radius 3 is 2.12 bits per heavy atom. The molecule has 1 N–H and O–H groups in total. The van der Waals surface area contributed by atoms with Crippen LogP contribution < -0.4 is 5.32 Å². The van der Waals surface area contributed by atoms with Crippen molar-refractivity contribution < 1.29 is 14.3 Å². The summed E-state index contributed by atoms with van der Waals surface area (Å²) in [5.41, 5.74) is 3.91. The average Bonchev–Trinajstić information content (AvgIpc) is 2.81. The number of carbonyl (C=O) groups is 2. The van der Waals surface area contributed by atoms with Crippen LogP contribution in [0.4, 0.5) is 5.69 Å². The van der Waals surface area contributed by atoms with E-state index in [0.717, 1.165) is 42.1 Å². The van der Waals surface area contributed by atoms with Crippen molar-refractivity contribution in [2.24, 2.45) is 0 Å². The molecule has 1 atom stereocenters. The second kappa shape index (κ2) is 9.89. The molecule has 6 heteroatoms. The maximum Gasteiger partial charge on any atom is 0.303 e. The van der Waals surface area contributed by atoms with Gasteiger partial charge in [-0.25, -0.2) is 0 Å². The number of halogens is 2. The molecule has 0 aromatic heterocycles. The number of nitrogens with one attached hydrogen (secondary N) is 1. The Labute approximate surface area is 209 Å². The first kappa shape index (κ1) is 23.2. The molecule has 0 aliphatic rings. The van der Waals surface area contributed by atoms with Crippen LogP contribution in [0.1, 0.15) is 40.1 Å². The minimum atomic E-state index is -0.591. The van der Waals surface area contributed by atoms with Gasteiger partial charge in [0.15, 0.2) is 6.10 Å². The van der Waals surface area contributed by atoms with E-state index in [9.17, 15) is 9.59 Å². The monoisotopic (exact) mass is 565 g/mol. The number of fused-ring (bicyclic) bond motifs is 1. The molecule has 4 nitrogen and oxygen atoms in total. The molecule has 1 amide bonds. The lowest BCUT2D eigenvalue weighted by molar-refractivity contribution is -0.144. The lowest BCUT2D eigenvalue weighted by atomic mass is 9.97. The Kier molecular flexibility index (Phi) is 6.96. The van der Waals surface area contributed by atoms with Gasteiger partial charge in [-0.1, -0.05) is 74.3 Å². The maximum atomic E-state index is 12.7. The number of hydrogen-bond acceptors (Lipinski definition) is 3. The highest BCUT2D eigenvalue weighted by Crippen LogP contribution is 2.35. The number of rotatable bonds is 5. The van der Waals surface area contributed by atoms with Crippen LogP contribution >= 0.6 is 31.9 Å². The van der Waals surface area contributed by atoms with Crippen molar-refractivity contribution in [2.75, 3.05) is 5.32 Å². The third-order valence-electron chi connectivity index (χ3n) is 5.39. The fourth-order valence-corrected chi connectivity index (χ4v) is 4.61. The quantitative estimate of drug-likeness (QED) is 0.253. The highest BCUT2D eigenvalue weighted by molar-refractivity contribution is 9.11. The number of para-hydroxylation sites is 1. The van der Waals surface area contributed by atoms with Crippen molar-refractivity contribution >= 4 is 60.2 Å². The van der Waals surface area contributed by atoms with Gasteiger partial charge in [-0.15, -0.1) is 0 Å². The van der Waals surface area contributed by atoms with Gasteiger partial charge in [-0.2, -0.15) is 0 Å². The molecule has 0 aliphatic carbocycles. The topological polar surface area (TPSA) is 55.4 Å². The van der Waals surface area contributed by atoms with E-state index in [1.165, 1.54) is 6.92 Å². The van der Waals surface area contributed by atoms with E-state index in [1.54, 1.807) is 12.1 Å². The molecule has 0 saturated heterocycles. The van der Waals surface area contributed by atoms with E-state index < -0.39 is 6.10 Å². The second-order valence-corrected chi connectivity index (χ2v) is 9.42. The van der Waals surface area contributed by atoms with E-state index in [2.05, 4.69) is 37.2 Å². The highest BCUT2D eigenvalue weighted by Gasteiger charge is 2.19. The van der Waals surface area contributed by atoms with Gasteiger partial charge in [0.05, 0.1) is 0 Å². The van der Waals surface area contributed by atoms with Gasteiger partial charge in [0.1, 0.15) is 0 Å². The summed E-state index contributed by atoms with van der Waals surface area (Å²) in [7, 11) is 0. The van der Waals surface area contributed by atoms with Gasteiger partial charge in [-0.05, 0) is 70.8 Å². The summed E-state index contributed by atoms with van der Waals surface area (Å²) in [6, 6.07) is 24.7. The zero-order chi connectivity index (χ0) is 23.5. The summed E-state index contributed by atoms with van der Waals surface area (Å²) in [6.07, 6.45) is -0.591. The van der Waals surface area contributed by atoms with Gasteiger partial charge < -0.3 is 10.1 Å². The van der Waals surface area contributed by atoms with Crippen molar-refractivity contribution in [1.29, 1.82) is 0 Å². The van der Waals surface area contributed by atoms with Gasteiger partial charge >= 0.3 is 5.97 Å². The molecule has 0 radical (unpaired) electrons. The third kappa shape index (κ3) is 5.18. The van der Waals surface area contributed by atoms with E-state index >= 15 is 0 Å². The van der Waals surface area contributed by atoms with Crippen molar-refractivity contribution in [3.63, 3.8) is 0 Å². The number of anilines is 1. The summed E-state index contributed by atoms with van der Waals surface area (Å²) < 4.78 is 7.62. The standard InChI is InChI=1S/C27H21Br2NO3/c1-16-5-3-4-6-25(16)30-27(32)19-9-7-18(8-10-19)26(33-17(2)31)20-11-12-21-22(15-20)24(29)14-13-23(21)28/h3-15,26H,1-2H3,(H,30,32). The van der Waals surface area contributed by atoms with Crippen molar-refractivity contribution in [3.8, 4) is 0 Å². The largest absolute Gasteiger partial charge is 0.453 e. The average molecular weight is 567 g/mol. The summed E-state index contributed by atoms with van der Waals surface area (Å²) in [4.78, 5) is 24.6. The van der Waals surface area contributed by atoms with Crippen LogP contribution in [-0.2, 0) is 9.53 Å². The predicted octanol–water partition coefficient (Wildman–Crippen LogP) is 7.58. The van der Waals surface area contributed by atoms with E-state index in [-0.39, 0.29) is 11.9 Å². The Balaban J connectivity index is 1.65. The molecule has 33 heavy (non-hydrogen) atoms. The van der Waals surface area contributed by atoms with Crippen LogP contribution in [0.3, 0.4) is 0 Å². The van der Waals surface area contributed by atoms with Crippen LogP contribution in [0, 0.1) is 6.92 Å². The van der Waals surface area contributed by atoms with Gasteiger partial charge in [0.25, 0.3) is 5.91 Å². The van der Waals surface area contributed by atoms with Crippen LogP contribution in [0.5, 0.6) is 0 Å². The van der Waals surface area contributed by atoms with Crippen molar-refractivity contribution in [3.05, 3.63) is 110 Å². The molecule has 0 saturated carbocycles. The van der Waals surface area contributed by atoms with Crippen molar-refractivity contribution in [1.82, 2.24) is 0 Å². The van der Waals surface area contributed by atoms with Gasteiger partial charge in [-0.3, -0.25) is 9.59 Å². The number of amides is 1. The first-order valence-electron chi connectivity index (χ1n) is 10.4. The number of esters is 1. The Hall–Kier alpha value is -2.96. The maximum absolute atomic E-state index is 12.7. The Morgan fingerprint density at radius 2 is 1.45 bits per heavy atom. The summed E-state index contributed by atoms with van der Waals surface area (Å²) >= 11 is 7.19. The molecular weight excluding hydrogens is 546 g/mol. The summed E-state index contributed by atoms with van der Waals surface area (Å²) in [5.74, 6) is -0.575. The molecule has 0 bridgehead atoms. The fourth-order valence-electron chi connectivity index (χ4n) is 3.67. The highest BCUT2D eigenvalue weighted by atomic mass is 79.9. The van der Waals surface area contributed by atoms with Crippen LogP contribution in [0.25, 0.3) is 10.8 Å². The fraction of sp³-hybridized carbons (Fsp3) is 0.111. The minimum absolute atomic E-state index is 0.195. The lowest BCUT2D eigenvalue weighted by Crippen LogP contribution is -2.14. The number of carbonyl (C=O) groups excluding carboxylic acids is 2. The van der Waals surface area contributed by atoms with Crippen LogP contribution in [-0.4, -0.2) is 11.9 Å². The molecule has 0 heterocycles. The van der Waals surface area contributed by atoms with Crippen LogP contribution in [0.15, 0.2) is 87.8 Å². The molecule has 4 aromatic carbocycles. The Bertz CT molecular complexity index is 1350. The number of benzene rings is 4. The number of ether oxygens (including phenoxy) is 1. The summed E-state index contributed by atoms with van der Waals surface area (Å²) in [5, 5.41) is 5.00. The first-order chi connectivity index (χ1) is 15.8. The normalized spacial score (nSPS) is 11.8. The number of hydrogen-bond donors (Lipinski definition) is 1. The molecule has 166 valence electrons. The molecule has 1 unspecified atom stereocenters. The first-order valence-corrected chi connectivity index (χ1v) is 11.9. The molecular formula is C27H21Br2NO3. The lowest BCUT2D eigenvalue weighted by Gasteiger charge is -2.19. The smallest absolute Gasteiger partial charge is 0.303 e. The molecule has 4 rings (SSSR count). The zero-order valence-electron chi connectivity index (χ0n) is 18.1. The minimum Gasteiger partial charge on any atom is -0.453 e. The SMILES string of the molecule is CC(=O)OC(c1ccc(C(=O)Nc2ccccc2C)cc1)c1ccc2c(Br)ccc(Br)c2c1. The van der Waals surface area contributed by atoms with Gasteiger partial charge in [0.2, 0.25) is 0 Å². The van der Waals surface area contributed by atoms with Gasteiger partial charge in [0, 0.05) is 27.1 Å². The van der Waals surface area contributed by atoms with E-state index in [1.807, 2.05) is 73.7 Å². The zero-order valence-corrected chi connectivity index (χ0v) is 21.2. The van der Waals surface area contributed by atoms with Crippen molar-refractivity contribution in [2.45, 2.75) is 20.0 Å². The van der Waals surface area contributed by atoms with E-state index in [0.29, 0.717) is 5.56 Å². The second-order valence-electron chi connectivity index (χ2n) is 7.71. The molecule has 0 aliphatic heterocycles. The molecule has 0 spiro atoms. The molecule has 0 fully saturated rings. The molecule has 4 aromatic rings. The predicted molar refractivity (Wildman–Crippen MR) is 139 cm³/mol. The Morgan fingerprint density at radius 1 is 0.818 bits per heavy atom. The summed E-state index contributed by atoms with van der Waals surface area (Å²) in [6.45, 7) is 3.34. The number of aryl methyl sites for hydroxylation is 1. The third-order valence-corrected chi connectivity index (χ3v) is 6.77. The van der Waals surface area contributed by atoms with Crippen LogP contribution in [0.2, 0.25) is 0 Å².